The molecule has 0 bridgehead atoms. The highest BCUT2D eigenvalue weighted by Crippen LogP contribution is 2.14. The minimum atomic E-state index is -0.930. The lowest BCUT2D eigenvalue weighted by Gasteiger charge is -2.21. The quantitative estimate of drug-likeness (QED) is 0.871. The first-order valence-corrected chi connectivity index (χ1v) is 6.27. The third-order valence-electron chi connectivity index (χ3n) is 2.23. The van der Waals surface area contributed by atoms with Gasteiger partial charge in [-0.2, -0.15) is 0 Å². The number of halogens is 1. The van der Waals surface area contributed by atoms with Crippen LogP contribution >= 0.6 is 11.6 Å². The van der Waals surface area contributed by atoms with Crippen molar-refractivity contribution in [2.45, 2.75) is 26.3 Å². The van der Waals surface area contributed by atoms with Gasteiger partial charge in [-0.3, -0.25) is 4.79 Å². The maximum Gasteiger partial charge on any atom is 0.330 e. The Bertz CT molecular complexity index is 443. The summed E-state index contributed by atoms with van der Waals surface area (Å²) in [5.41, 5.74) is -0.930. The van der Waals surface area contributed by atoms with Gasteiger partial charge in [0.25, 0.3) is 0 Å². The van der Waals surface area contributed by atoms with Crippen LogP contribution in [-0.2, 0) is 14.3 Å². The van der Waals surface area contributed by atoms with Crippen LogP contribution in [0.2, 0.25) is 5.02 Å². The normalized spacial score (nSPS) is 9.90. The van der Waals surface area contributed by atoms with Crippen molar-refractivity contribution in [2.75, 3.05) is 14.2 Å². The molecule has 20 heavy (non-hydrogen) atoms. The Morgan fingerprint density at radius 2 is 1.65 bits per heavy atom. The maximum atomic E-state index is 10.9. The molecule has 1 aromatic rings. The van der Waals surface area contributed by atoms with Crippen LogP contribution in [0.5, 0.6) is 5.75 Å². The van der Waals surface area contributed by atoms with E-state index in [1.54, 1.807) is 33.1 Å². The number of amides is 1. The van der Waals surface area contributed by atoms with Crippen LogP contribution in [0, 0.1) is 0 Å². The zero-order valence-electron chi connectivity index (χ0n) is 12.3. The van der Waals surface area contributed by atoms with Crippen molar-refractivity contribution in [2.24, 2.45) is 0 Å². The first kappa shape index (κ1) is 18.2. The van der Waals surface area contributed by atoms with Gasteiger partial charge in [0.1, 0.15) is 11.3 Å². The highest BCUT2D eigenvalue weighted by molar-refractivity contribution is 6.30. The summed E-state index contributed by atoms with van der Waals surface area (Å²) in [7, 11) is 2.91. The SMILES string of the molecule is COC(=O)C(C)(C)NC(C)=O.COc1ccc(Cl)cc1. The molecule has 5 nitrogen and oxygen atoms in total. The number of rotatable bonds is 3. The average Bonchev–Trinajstić information content (AvgIpc) is 2.38. The Kier molecular flexibility index (Phi) is 7.69. The van der Waals surface area contributed by atoms with Crippen molar-refractivity contribution in [1.82, 2.24) is 5.32 Å². The number of carbonyl (C=O) groups is 2. The van der Waals surface area contributed by atoms with E-state index in [-0.39, 0.29) is 5.91 Å². The first-order valence-electron chi connectivity index (χ1n) is 5.89. The van der Waals surface area contributed by atoms with E-state index in [0.717, 1.165) is 10.8 Å². The molecule has 1 rings (SSSR count). The molecule has 1 aromatic carbocycles. The fraction of sp³-hybridized carbons (Fsp3) is 0.429. The van der Waals surface area contributed by atoms with Crippen LogP contribution in [0.1, 0.15) is 20.8 Å². The van der Waals surface area contributed by atoms with Crippen molar-refractivity contribution in [3.05, 3.63) is 29.3 Å². The van der Waals surface area contributed by atoms with Gasteiger partial charge in [0.15, 0.2) is 0 Å². The summed E-state index contributed by atoms with van der Waals surface area (Å²) >= 11 is 5.61. The molecular weight excluding hydrogens is 282 g/mol. The largest absolute Gasteiger partial charge is 0.497 e. The van der Waals surface area contributed by atoms with Crippen molar-refractivity contribution in [1.29, 1.82) is 0 Å². The van der Waals surface area contributed by atoms with Crippen LogP contribution < -0.4 is 10.1 Å². The Morgan fingerprint density at radius 1 is 1.15 bits per heavy atom. The molecule has 0 fully saturated rings. The number of esters is 1. The van der Waals surface area contributed by atoms with E-state index in [0.29, 0.717) is 0 Å². The van der Waals surface area contributed by atoms with Gasteiger partial charge in [-0.05, 0) is 38.1 Å². The number of hydrogen-bond donors (Lipinski definition) is 1. The van der Waals surface area contributed by atoms with Crippen LogP contribution in [0.4, 0.5) is 0 Å². The van der Waals surface area contributed by atoms with Crippen LogP contribution in [0.15, 0.2) is 24.3 Å². The zero-order chi connectivity index (χ0) is 15.8. The topological polar surface area (TPSA) is 64.6 Å². The summed E-state index contributed by atoms with van der Waals surface area (Å²) in [6.45, 7) is 4.52. The van der Waals surface area contributed by atoms with Gasteiger partial charge in [0.2, 0.25) is 5.91 Å². The van der Waals surface area contributed by atoms with Gasteiger partial charge >= 0.3 is 5.97 Å². The van der Waals surface area contributed by atoms with Crippen molar-refractivity contribution in [3.8, 4) is 5.75 Å². The monoisotopic (exact) mass is 301 g/mol. The molecule has 0 aliphatic heterocycles. The highest BCUT2D eigenvalue weighted by atomic mass is 35.5. The molecule has 0 unspecified atom stereocenters. The molecular formula is C14H20ClNO4. The molecule has 0 saturated heterocycles. The molecule has 112 valence electrons. The lowest BCUT2D eigenvalue weighted by molar-refractivity contribution is -0.149. The standard InChI is InChI=1S/C7H7ClO.C7H13NO3/c1-9-7-4-2-6(8)3-5-7;1-5(9)8-7(2,3)6(10)11-4/h2-5H,1H3;1-4H3,(H,8,9). The smallest absolute Gasteiger partial charge is 0.330 e. The number of carbonyl (C=O) groups excluding carboxylic acids is 2. The molecule has 0 heterocycles. The number of methoxy groups -OCH3 is 2. The molecule has 0 aliphatic rings. The number of hydrogen-bond acceptors (Lipinski definition) is 4. The Hall–Kier alpha value is -1.75. The van der Waals surface area contributed by atoms with Gasteiger partial charge in [0.05, 0.1) is 14.2 Å². The molecule has 0 aliphatic carbocycles. The highest BCUT2D eigenvalue weighted by Gasteiger charge is 2.28. The van der Waals surface area contributed by atoms with E-state index in [4.69, 9.17) is 16.3 Å². The molecule has 0 aromatic heterocycles. The van der Waals surface area contributed by atoms with E-state index >= 15 is 0 Å². The average molecular weight is 302 g/mol. The maximum absolute atomic E-state index is 10.9. The molecule has 0 saturated carbocycles. The fourth-order valence-electron chi connectivity index (χ4n) is 1.32. The third-order valence-corrected chi connectivity index (χ3v) is 2.49. The third kappa shape index (κ3) is 6.99. The lowest BCUT2D eigenvalue weighted by atomic mass is 10.1. The predicted molar refractivity (Wildman–Crippen MR) is 77.9 cm³/mol. The van der Waals surface area contributed by atoms with Crippen molar-refractivity contribution in [3.63, 3.8) is 0 Å². The lowest BCUT2D eigenvalue weighted by Crippen LogP contribution is -2.49. The fourth-order valence-corrected chi connectivity index (χ4v) is 1.44. The number of ether oxygens (including phenoxy) is 2. The Morgan fingerprint density at radius 3 is 2.00 bits per heavy atom. The summed E-state index contributed by atoms with van der Waals surface area (Å²) in [6.07, 6.45) is 0. The number of nitrogens with one attached hydrogen (secondary N) is 1. The van der Waals surface area contributed by atoms with E-state index in [1.807, 2.05) is 12.1 Å². The molecule has 1 amide bonds. The summed E-state index contributed by atoms with van der Waals surface area (Å²) in [5.74, 6) is 0.132. The Balaban J connectivity index is 0.000000367. The second-order valence-corrected chi connectivity index (χ2v) is 4.89. The summed E-state index contributed by atoms with van der Waals surface area (Å²) in [6, 6.07) is 7.23. The Labute approximate surface area is 124 Å². The van der Waals surface area contributed by atoms with Crippen LogP contribution in [0.25, 0.3) is 0 Å². The minimum Gasteiger partial charge on any atom is -0.497 e. The molecule has 0 atom stereocenters. The minimum absolute atomic E-state index is 0.250. The molecule has 0 spiro atoms. The molecule has 6 heteroatoms. The second-order valence-electron chi connectivity index (χ2n) is 4.46. The summed E-state index contributed by atoms with van der Waals surface area (Å²) in [4.78, 5) is 21.5. The van der Waals surface area contributed by atoms with Gasteiger partial charge in [-0.1, -0.05) is 11.6 Å². The molecule has 1 N–H and O–H groups in total. The van der Waals surface area contributed by atoms with Crippen molar-refractivity contribution >= 4 is 23.5 Å². The summed E-state index contributed by atoms with van der Waals surface area (Å²) < 4.78 is 9.37. The van der Waals surface area contributed by atoms with Crippen molar-refractivity contribution < 1.29 is 19.1 Å². The predicted octanol–water partition coefficient (Wildman–Crippen LogP) is 2.42. The summed E-state index contributed by atoms with van der Waals surface area (Å²) in [5, 5.41) is 3.19. The van der Waals surface area contributed by atoms with E-state index in [9.17, 15) is 9.59 Å². The van der Waals surface area contributed by atoms with E-state index in [2.05, 4.69) is 10.1 Å². The van der Waals surface area contributed by atoms with Gasteiger partial charge in [-0.25, -0.2) is 4.79 Å². The van der Waals surface area contributed by atoms with E-state index in [1.165, 1.54) is 14.0 Å². The second kappa shape index (κ2) is 8.43. The molecule has 0 radical (unpaired) electrons. The first-order chi connectivity index (χ1) is 9.22. The van der Waals surface area contributed by atoms with Gasteiger partial charge in [0, 0.05) is 11.9 Å². The van der Waals surface area contributed by atoms with Crippen LogP contribution in [0.3, 0.4) is 0 Å². The van der Waals surface area contributed by atoms with Gasteiger partial charge in [-0.15, -0.1) is 0 Å². The zero-order valence-corrected chi connectivity index (χ0v) is 13.1. The van der Waals surface area contributed by atoms with E-state index < -0.39 is 11.5 Å². The van der Waals surface area contributed by atoms with Crippen LogP contribution in [-0.4, -0.2) is 31.6 Å². The van der Waals surface area contributed by atoms with Gasteiger partial charge < -0.3 is 14.8 Å². The number of benzene rings is 1.